The van der Waals surface area contributed by atoms with Gasteiger partial charge in [0, 0.05) is 26.3 Å². The molecule has 2 atom stereocenters. The van der Waals surface area contributed by atoms with Gasteiger partial charge >= 0.3 is 5.97 Å². The summed E-state index contributed by atoms with van der Waals surface area (Å²) >= 11 is 0. The van der Waals surface area contributed by atoms with Crippen molar-refractivity contribution in [1.29, 1.82) is 0 Å². The van der Waals surface area contributed by atoms with E-state index in [1.54, 1.807) is 11.8 Å². The molecule has 2 unspecified atom stereocenters. The average molecular weight is 363 g/mol. The van der Waals surface area contributed by atoms with E-state index >= 15 is 0 Å². The molecular weight excluding hydrogens is 334 g/mol. The van der Waals surface area contributed by atoms with E-state index in [9.17, 15) is 14.7 Å². The number of carbonyl (C=O) groups is 2. The Labute approximate surface area is 155 Å². The molecule has 0 aromatic heterocycles. The molecule has 2 rings (SSSR count). The Hall–Kier alpha value is -1.92. The molecule has 0 saturated heterocycles. The van der Waals surface area contributed by atoms with E-state index in [-0.39, 0.29) is 25.0 Å². The van der Waals surface area contributed by atoms with Crippen LogP contribution in [-0.4, -0.2) is 54.8 Å². The van der Waals surface area contributed by atoms with Crippen molar-refractivity contribution in [3.8, 4) is 0 Å². The van der Waals surface area contributed by atoms with E-state index in [4.69, 9.17) is 9.47 Å². The fourth-order valence-corrected chi connectivity index (χ4v) is 3.16. The second-order valence-electron chi connectivity index (χ2n) is 6.64. The minimum absolute atomic E-state index is 0.0729. The zero-order valence-corrected chi connectivity index (χ0v) is 15.6. The molecule has 0 saturated carbocycles. The van der Waals surface area contributed by atoms with E-state index in [0.29, 0.717) is 32.8 Å². The van der Waals surface area contributed by atoms with Crippen LogP contribution >= 0.6 is 0 Å². The number of hydrogen-bond donors (Lipinski definition) is 1. The molecule has 6 nitrogen and oxygen atoms in total. The molecular formula is C20H29NO5. The molecule has 0 radical (unpaired) electrons. The van der Waals surface area contributed by atoms with Gasteiger partial charge in [-0.2, -0.15) is 0 Å². The lowest BCUT2D eigenvalue weighted by atomic mass is 9.95. The van der Waals surface area contributed by atoms with Gasteiger partial charge in [0.05, 0.1) is 25.0 Å². The van der Waals surface area contributed by atoms with Crippen molar-refractivity contribution in [2.75, 3.05) is 32.9 Å². The first kappa shape index (κ1) is 20.4. The number of nitrogens with zero attached hydrogens (tertiary/aromatic N) is 1. The van der Waals surface area contributed by atoms with E-state index in [2.05, 4.69) is 6.07 Å². The molecule has 1 aliphatic rings. The Kier molecular flexibility index (Phi) is 8.06. The Morgan fingerprint density at radius 3 is 2.88 bits per heavy atom. The molecule has 1 heterocycles. The van der Waals surface area contributed by atoms with Crippen molar-refractivity contribution in [3.05, 3.63) is 35.4 Å². The number of rotatable bonds is 10. The van der Waals surface area contributed by atoms with Crippen LogP contribution in [0.25, 0.3) is 0 Å². The summed E-state index contributed by atoms with van der Waals surface area (Å²) in [5.74, 6) is -1.58. The molecule has 0 bridgehead atoms. The first-order valence-electron chi connectivity index (χ1n) is 9.30. The van der Waals surface area contributed by atoms with Gasteiger partial charge in [-0.15, -0.1) is 0 Å². The molecule has 144 valence electrons. The van der Waals surface area contributed by atoms with Crippen LogP contribution in [-0.2, 0) is 25.5 Å². The van der Waals surface area contributed by atoms with Crippen LogP contribution < -0.4 is 0 Å². The van der Waals surface area contributed by atoms with Crippen molar-refractivity contribution in [1.82, 2.24) is 4.90 Å². The standard InChI is InChI=1S/C20H29NO5/c1-3-25-11-6-10-21(14-15(2)20(23)24)19(22)13-18-17-8-5-4-7-16(17)9-12-26-18/h4-5,7-8,15,18H,3,6,9-14H2,1-2H3,(H,23,24). The van der Waals surface area contributed by atoms with Crippen LogP contribution in [0.3, 0.4) is 0 Å². The Morgan fingerprint density at radius 2 is 2.15 bits per heavy atom. The Balaban J connectivity index is 2.02. The SMILES string of the molecule is CCOCCCN(CC(C)C(=O)O)C(=O)CC1OCCc2ccccc21. The van der Waals surface area contributed by atoms with Gasteiger partial charge in [0.1, 0.15) is 0 Å². The van der Waals surface area contributed by atoms with Gasteiger partial charge in [-0.3, -0.25) is 9.59 Å². The first-order chi connectivity index (χ1) is 12.5. The van der Waals surface area contributed by atoms with Gasteiger partial charge in [0.25, 0.3) is 0 Å². The molecule has 1 aromatic rings. The summed E-state index contributed by atoms with van der Waals surface area (Å²) in [6.07, 6.45) is 1.52. The fraction of sp³-hybridized carbons (Fsp3) is 0.600. The summed E-state index contributed by atoms with van der Waals surface area (Å²) < 4.78 is 11.2. The third-order valence-corrected chi connectivity index (χ3v) is 4.64. The highest BCUT2D eigenvalue weighted by atomic mass is 16.5. The van der Waals surface area contributed by atoms with Crippen LogP contribution in [0.15, 0.2) is 24.3 Å². The smallest absolute Gasteiger partial charge is 0.308 e. The van der Waals surface area contributed by atoms with Crippen molar-refractivity contribution in [2.45, 2.75) is 39.2 Å². The van der Waals surface area contributed by atoms with Gasteiger partial charge in [0.2, 0.25) is 5.91 Å². The lowest BCUT2D eigenvalue weighted by Crippen LogP contribution is -2.39. The minimum Gasteiger partial charge on any atom is -0.481 e. The maximum Gasteiger partial charge on any atom is 0.308 e. The second-order valence-corrected chi connectivity index (χ2v) is 6.64. The summed E-state index contributed by atoms with van der Waals surface area (Å²) in [5, 5.41) is 9.19. The number of aliphatic carboxylic acids is 1. The van der Waals surface area contributed by atoms with E-state index in [1.165, 1.54) is 5.56 Å². The highest BCUT2D eigenvalue weighted by Gasteiger charge is 2.27. The van der Waals surface area contributed by atoms with Gasteiger partial charge < -0.3 is 19.5 Å². The van der Waals surface area contributed by atoms with Crippen LogP contribution in [0, 0.1) is 5.92 Å². The number of amides is 1. The maximum atomic E-state index is 12.9. The maximum absolute atomic E-state index is 12.9. The largest absolute Gasteiger partial charge is 0.481 e. The van der Waals surface area contributed by atoms with Gasteiger partial charge in [-0.05, 0) is 30.9 Å². The van der Waals surface area contributed by atoms with Crippen molar-refractivity contribution in [3.63, 3.8) is 0 Å². The molecule has 1 aliphatic heterocycles. The van der Waals surface area contributed by atoms with Gasteiger partial charge in [0.15, 0.2) is 0 Å². The zero-order valence-electron chi connectivity index (χ0n) is 15.6. The molecule has 0 aliphatic carbocycles. The number of ether oxygens (including phenoxy) is 2. The summed E-state index contributed by atoms with van der Waals surface area (Å²) in [7, 11) is 0. The third kappa shape index (κ3) is 5.81. The zero-order chi connectivity index (χ0) is 18.9. The average Bonchev–Trinajstić information content (AvgIpc) is 2.64. The molecule has 1 N–H and O–H groups in total. The van der Waals surface area contributed by atoms with Crippen molar-refractivity contribution >= 4 is 11.9 Å². The molecule has 1 amide bonds. The first-order valence-corrected chi connectivity index (χ1v) is 9.30. The van der Waals surface area contributed by atoms with Crippen LogP contribution in [0.2, 0.25) is 0 Å². The summed E-state index contributed by atoms with van der Waals surface area (Å²) in [4.78, 5) is 25.7. The van der Waals surface area contributed by atoms with Crippen LogP contribution in [0.1, 0.15) is 43.9 Å². The molecule has 6 heteroatoms. The molecule has 1 aromatic carbocycles. The van der Waals surface area contributed by atoms with E-state index in [1.807, 2.05) is 25.1 Å². The number of carbonyl (C=O) groups excluding carboxylic acids is 1. The highest BCUT2D eigenvalue weighted by molar-refractivity contribution is 5.78. The second kappa shape index (κ2) is 10.3. The summed E-state index contributed by atoms with van der Waals surface area (Å²) in [5.41, 5.74) is 2.28. The third-order valence-electron chi connectivity index (χ3n) is 4.64. The lowest BCUT2D eigenvalue weighted by Gasteiger charge is -2.29. The van der Waals surface area contributed by atoms with E-state index in [0.717, 1.165) is 12.0 Å². The quantitative estimate of drug-likeness (QED) is 0.647. The van der Waals surface area contributed by atoms with Crippen LogP contribution in [0.4, 0.5) is 0 Å². The number of carboxylic acid groups (broad SMARTS) is 1. The summed E-state index contributed by atoms with van der Waals surface area (Å²) in [6.45, 7) is 6.03. The minimum atomic E-state index is -0.896. The van der Waals surface area contributed by atoms with Crippen molar-refractivity contribution in [2.24, 2.45) is 5.92 Å². The monoisotopic (exact) mass is 363 g/mol. The Bertz CT molecular complexity index is 604. The molecule has 0 fully saturated rings. The predicted molar refractivity (Wildman–Crippen MR) is 97.9 cm³/mol. The van der Waals surface area contributed by atoms with Crippen molar-refractivity contribution < 1.29 is 24.2 Å². The number of benzene rings is 1. The van der Waals surface area contributed by atoms with Gasteiger partial charge in [-0.25, -0.2) is 0 Å². The number of fused-ring (bicyclic) bond motifs is 1. The topological polar surface area (TPSA) is 76.1 Å². The number of carboxylic acids is 1. The fourth-order valence-electron chi connectivity index (χ4n) is 3.16. The summed E-state index contributed by atoms with van der Waals surface area (Å²) in [6, 6.07) is 8.03. The highest BCUT2D eigenvalue weighted by Crippen LogP contribution is 2.30. The normalized spacial score (nSPS) is 17.4. The Morgan fingerprint density at radius 1 is 1.38 bits per heavy atom. The molecule has 26 heavy (non-hydrogen) atoms. The predicted octanol–water partition coefficient (Wildman–Crippen LogP) is 2.67. The number of hydrogen-bond acceptors (Lipinski definition) is 4. The van der Waals surface area contributed by atoms with Crippen LogP contribution in [0.5, 0.6) is 0 Å². The molecule has 0 spiro atoms. The van der Waals surface area contributed by atoms with Gasteiger partial charge in [-0.1, -0.05) is 31.2 Å². The lowest BCUT2D eigenvalue weighted by molar-refractivity contribution is -0.143. The van der Waals surface area contributed by atoms with E-state index < -0.39 is 11.9 Å².